The van der Waals surface area contributed by atoms with Crippen molar-refractivity contribution in [1.82, 2.24) is 14.8 Å². The van der Waals surface area contributed by atoms with Gasteiger partial charge in [-0.05, 0) is 51.0 Å². The highest BCUT2D eigenvalue weighted by Crippen LogP contribution is 2.44. The first kappa shape index (κ1) is 14.4. The highest BCUT2D eigenvalue weighted by atomic mass is 32.1. The summed E-state index contributed by atoms with van der Waals surface area (Å²) in [6.45, 7) is 4.60. The Bertz CT molecular complexity index is 631. The molecule has 0 aliphatic heterocycles. The zero-order valence-electron chi connectivity index (χ0n) is 13.6. The average molecular weight is 315 g/mol. The van der Waals surface area contributed by atoms with E-state index in [2.05, 4.69) is 35.9 Å². The lowest BCUT2D eigenvalue weighted by Crippen LogP contribution is -2.24. The normalized spacial score (nSPS) is 20.5. The minimum Gasteiger partial charge on any atom is -0.311 e. The van der Waals surface area contributed by atoms with Crippen molar-refractivity contribution < 1.29 is 0 Å². The molecule has 0 saturated heterocycles. The topological polar surface area (TPSA) is 30.7 Å². The minimum atomic E-state index is -0.0450. The molecule has 4 rings (SSSR count). The maximum atomic E-state index is 4.70. The van der Waals surface area contributed by atoms with Gasteiger partial charge in [0.2, 0.25) is 0 Å². The van der Waals surface area contributed by atoms with Crippen LogP contribution in [0.2, 0.25) is 0 Å². The van der Waals surface area contributed by atoms with Crippen molar-refractivity contribution in [2.45, 2.75) is 76.2 Å². The number of nitrogens with zero attached hydrogens (tertiary/aromatic N) is 3. The molecule has 0 atom stereocenters. The lowest BCUT2D eigenvalue weighted by molar-refractivity contribution is 0.410. The van der Waals surface area contributed by atoms with Gasteiger partial charge in [-0.15, -0.1) is 21.5 Å². The van der Waals surface area contributed by atoms with Gasteiger partial charge in [0.1, 0.15) is 11.6 Å². The molecule has 4 heteroatoms. The fourth-order valence-corrected chi connectivity index (χ4v) is 4.65. The second-order valence-corrected chi connectivity index (χ2v) is 8.37. The highest BCUT2D eigenvalue weighted by Gasteiger charge is 2.38. The van der Waals surface area contributed by atoms with Gasteiger partial charge >= 0.3 is 0 Å². The van der Waals surface area contributed by atoms with Crippen molar-refractivity contribution >= 4 is 11.3 Å². The zero-order valence-corrected chi connectivity index (χ0v) is 14.4. The first-order valence-electron chi connectivity index (χ1n) is 8.67. The van der Waals surface area contributed by atoms with Crippen LogP contribution in [-0.4, -0.2) is 14.8 Å². The Hall–Kier alpha value is -1.16. The molecule has 0 spiro atoms. The van der Waals surface area contributed by atoms with E-state index in [1.807, 2.05) is 11.3 Å². The van der Waals surface area contributed by atoms with E-state index >= 15 is 0 Å². The molecule has 0 unspecified atom stereocenters. The second kappa shape index (κ2) is 5.48. The molecule has 0 N–H and O–H groups in total. The molecule has 0 bridgehead atoms. The van der Waals surface area contributed by atoms with Gasteiger partial charge < -0.3 is 4.57 Å². The molecule has 2 fully saturated rings. The molecule has 2 aromatic rings. The van der Waals surface area contributed by atoms with Crippen LogP contribution in [0.15, 0.2) is 17.5 Å². The molecular weight excluding hydrogens is 290 g/mol. The maximum Gasteiger partial charge on any atom is 0.144 e. The van der Waals surface area contributed by atoms with Gasteiger partial charge in [-0.25, -0.2) is 0 Å². The summed E-state index contributed by atoms with van der Waals surface area (Å²) >= 11 is 1.83. The molecule has 2 aromatic heterocycles. The quantitative estimate of drug-likeness (QED) is 0.790. The molecule has 2 aliphatic rings. The monoisotopic (exact) mass is 315 g/mol. The lowest BCUT2D eigenvalue weighted by Gasteiger charge is -2.26. The Morgan fingerprint density at radius 1 is 1.09 bits per heavy atom. The van der Waals surface area contributed by atoms with Gasteiger partial charge in [0.15, 0.2) is 0 Å². The molecule has 0 radical (unpaired) electrons. The van der Waals surface area contributed by atoms with E-state index in [0.717, 1.165) is 0 Å². The van der Waals surface area contributed by atoms with Crippen LogP contribution in [0.4, 0.5) is 0 Å². The third-order valence-corrected chi connectivity index (χ3v) is 6.49. The molecule has 3 nitrogen and oxygen atoms in total. The van der Waals surface area contributed by atoms with E-state index in [4.69, 9.17) is 10.2 Å². The van der Waals surface area contributed by atoms with Gasteiger partial charge in [-0.1, -0.05) is 25.3 Å². The van der Waals surface area contributed by atoms with Crippen molar-refractivity contribution in [1.29, 1.82) is 0 Å². The molecular formula is C18H25N3S. The van der Waals surface area contributed by atoms with Crippen molar-refractivity contribution in [3.05, 3.63) is 34.0 Å². The third kappa shape index (κ3) is 2.41. The summed E-state index contributed by atoms with van der Waals surface area (Å²) in [5.41, 5.74) is -0.0450. The third-order valence-electron chi connectivity index (χ3n) is 5.30. The van der Waals surface area contributed by atoms with Gasteiger partial charge in [0.25, 0.3) is 0 Å². The fourth-order valence-electron chi connectivity index (χ4n) is 3.81. The Kier molecular flexibility index (Phi) is 3.60. The van der Waals surface area contributed by atoms with Gasteiger partial charge in [-0.2, -0.15) is 0 Å². The smallest absolute Gasteiger partial charge is 0.144 e. The fraction of sp³-hybridized carbons (Fsp3) is 0.667. The van der Waals surface area contributed by atoms with E-state index < -0.39 is 0 Å². The SMILES string of the molecule is CC(C)(c1cccs1)c1nnc(C2CCCCC2)n1C1CC1. The summed E-state index contributed by atoms with van der Waals surface area (Å²) in [6, 6.07) is 5.03. The summed E-state index contributed by atoms with van der Waals surface area (Å²) in [4.78, 5) is 1.39. The zero-order chi connectivity index (χ0) is 15.2. The first-order chi connectivity index (χ1) is 10.7. The number of thiophene rings is 1. The molecule has 0 amide bonds. The van der Waals surface area contributed by atoms with Crippen molar-refractivity contribution in [3.63, 3.8) is 0 Å². The molecule has 22 heavy (non-hydrogen) atoms. The maximum absolute atomic E-state index is 4.70. The van der Waals surface area contributed by atoms with E-state index in [1.54, 1.807) is 0 Å². The predicted molar refractivity (Wildman–Crippen MR) is 90.6 cm³/mol. The summed E-state index contributed by atoms with van der Waals surface area (Å²) in [7, 11) is 0. The Balaban J connectivity index is 1.75. The Labute approximate surface area is 136 Å². The van der Waals surface area contributed by atoms with E-state index in [0.29, 0.717) is 12.0 Å². The van der Waals surface area contributed by atoms with Gasteiger partial charge in [-0.3, -0.25) is 0 Å². The van der Waals surface area contributed by atoms with Crippen molar-refractivity contribution in [2.75, 3.05) is 0 Å². The van der Waals surface area contributed by atoms with Crippen LogP contribution in [0, 0.1) is 0 Å². The number of aromatic nitrogens is 3. The molecule has 2 saturated carbocycles. The standard InChI is InChI=1S/C18H25N3S/c1-18(2,15-9-6-12-22-15)17-20-19-16(21(17)14-10-11-14)13-7-4-3-5-8-13/h6,9,12-14H,3-5,7-8,10-11H2,1-2H3. The van der Waals surface area contributed by atoms with Crippen LogP contribution in [0.25, 0.3) is 0 Å². The Morgan fingerprint density at radius 3 is 2.50 bits per heavy atom. The molecule has 0 aromatic carbocycles. The first-order valence-corrected chi connectivity index (χ1v) is 9.55. The number of rotatable bonds is 4. The summed E-state index contributed by atoms with van der Waals surface area (Å²) < 4.78 is 2.52. The molecule has 2 aliphatic carbocycles. The highest BCUT2D eigenvalue weighted by molar-refractivity contribution is 7.10. The number of hydrogen-bond acceptors (Lipinski definition) is 3. The van der Waals surface area contributed by atoms with Crippen LogP contribution >= 0.6 is 11.3 Å². The summed E-state index contributed by atoms with van der Waals surface area (Å²) in [5.74, 6) is 3.09. The van der Waals surface area contributed by atoms with Crippen LogP contribution < -0.4 is 0 Å². The van der Waals surface area contributed by atoms with Crippen LogP contribution in [-0.2, 0) is 5.41 Å². The van der Waals surface area contributed by atoms with Crippen molar-refractivity contribution in [2.24, 2.45) is 0 Å². The largest absolute Gasteiger partial charge is 0.311 e. The van der Waals surface area contributed by atoms with Crippen LogP contribution in [0.3, 0.4) is 0 Å². The molecule has 118 valence electrons. The number of hydrogen-bond donors (Lipinski definition) is 0. The Morgan fingerprint density at radius 2 is 1.86 bits per heavy atom. The molecule has 2 heterocycles. The van der Waals surface area contributed by atoms with Gasteiger partial charge in [0.05, 0.1) is 5.41 Å². The van der Waals surface area contributed by atoms with E-state index in [-0.39, 0.29) is 5.41 Å². The van der Waals surface area contributed by atoms with Crippen LogP contribution in [0.1, 0.15) is 87.3 Å². The summed E-state index contributed by atoms with van der Waals surface area (Å²) in [6.07, 6.45) is 9.28. The average Bonchev–Trinajstić information content (AvgIpc) is 3.06. The van der Waals surface area contributed by atoms with Crippen molar-refractivity contribution in [3.8, 4) is 0 Å². The van der Waals surface area contributed by atoms with Crippen LogP contribution in [0.5, 0.6) is 0 Å². The minimum absolute atomic E-state index is 0.0450. The van der Waals surface area contributed by atoms with E-state index in [9.17, 15) is 0 Å². The lowest BCUT2D eigenvalue weighted by atomic mass is 9.87. The summed E-state index contributed by atoms with van der Waals surface area (Å²) in [5, 5.41) is 11.6. The second-order valence-electron chi connectivity index (χ2n) is 7.42. The predicted octanol–water partition coefficient (Wildman–Crippen LogP) is 5.05. The van der Waals surface area contributed by atoms with E-state index in [1.165, 1.54) is 61.5 Å². The van der Waals surface area contributed by atoms with Gasteiger partial charge in [0, 0.05) is 16.8 Å².